The number of carbonyl (C=O) groups is 1. The highest BCUT2D eigenvalue weighted by molar-refractivity contribution is 7.99. The molecular weight excluding hydrogens is 310 g/mol. The lowest BCUT2D eigenvalue weighted by molar-refractivity contribution is -0.116. The van der Waals surface area contributed by atoms with Crippen LogP contribution in [0.1, 0.15) is 24.6 Å². The van der Waals surface area contributed by atoms with Crippen LogP contribution in [0.2, 0.25) is 0 Å². The molecule has 23 heavy (non-hydrogen) atoms. The molecule has 1 heterocycles. The fraction of sp³-hybridized carbons (Fsp3) is 0.375. The first kappa shape index (κ1) is 15.6. The molecule has 118 valence electrons. The molecule has 0 spiro atoms. The van der Waals surface area contributed by atoms with Gasteiger partial charge in [-0.15, -0.1) is 10.2 Å². The third kappa shape index (κ3) is 3.54. The summed E-state index contributed by atoms with van der Waals surface area (Å²) in [7, 11) is 1.94. The van der Waals surface area contributed by atoms with E-state index in [4.69, 9.17) is 5.26 Å². The Hall–Kier alpha value is -2.33. The molecule has 1 amide bonds. The van der Waals surface area contributed by atoms with Gasteiger partial charge in [-0.05, 0) is 25.0 Å². The minimum absolute atomic E-state index is 0.0372. The number of thioether (sulfide) groups is 1. The van der Waals surface area contributed by atoms with Crippen molar-refractivity contribution in [3.8, 4) is 6.07 Å². The Bertz CT molecular complexity index is 733. The maximum atomic E-state index is 12.5. The van der Waals surface area contributed by atoms with Crippen LogP contribution in [0.4, 0.5) is 5.69 Å². The normalized spacial score (nSPS) is 13.6. The zero-order valence-corrected chi connectivity index (χ0v) is 13.7. The van der Waals surface area contributed by atoms with Gasteiger partial charge < -0.3 is 4.57 Å². The Labute approximate surface area is 139 Å². The molecule has 1 aliphatic rings. The lowest BCUT2D eigenvalue weighted by Crippen LogP contribution is -2.32. The van der Waals surface area contributed by atoms with Crippen LogP contribution in [0.25, 0.3) is 0 Å². The van der Waals surface area contributed by atoms with Gasteiger partial charge in [-0.25, -0.2) is 0 Å². The van der Waals surface area contributed by atoms with E-state index < -0.39 is 0 Å². The van der Waals surface area contributed by atoms with Gasteiger partial charge in [-0.2, -0.15) is 5.26 Å². The van der Waals surface area contributed by atoms with Crippen LogP contribution < -0.4 is 4.90 Å². The number of anilines is 1. The zero-order valence-electron chi connectivity index (χ0n) is 12.8. The third-order valence-electron chi connectivity index (χ3n) is 3.73. The van der Waals surface area contributed by atoms with Crippen LogP contribution in [0.3, 0.4) is 0 Å². The van der Waals surface area contributed by atoms with E-state index in [1.54, 1.807) is 0 Å². The number of amides is 1. The van der Waals surface area contributed by atoms with E-state index >= 15 is 0 Å². The third-order valence-corrected chi connectivity index (χ3v) is 4.74. The van der Waals surface area contributed by atoms with Gasteiger partial charge in [0, 0.05) is 18.7 Å². The van der Waals surface area contributed by atoms with Crippen LogP contribution in [0.5, 0.6) is 0 Å². The number of nitrogens with zero attached hydrogens (tertiary/aromatic N) is 5. The first-order valence-electron chi connectivity index (χ1n) is 7.45. The van der Waals surface area contributed by atoms with Crippen LogP contribution in [0.15, 0.2) is 35.5 Å². The monoisotopic (exact) mass is 327 g/mol. The van der Waals surface area contributed by atoms with E-state index in [-0.39, 0.29) is 18.2 Å². The minimum atomic E-state index is -0.112. The largest absolute Gasteiger partial charge is 0.309 e. The minimum Gasteiger partial charge on any atom is -0.309 e. The van der Waals surface area contributed by atoms with Crippen molar-refractivity contribution in [3.63, 3.8) is 0 Å². The van der Waals surface area contributed by atoms with Gasteiger partial charge in [0.1, 0.15) is 12.4 Å². The van der Waals surface area contributed by atoms with Crippen molar-refractivity contribution in [1.29, 1.82) is 5.26 Å². The molecule has 0 radical (unpaired) electrons. The quantitative estimate of drug-likeness (QED) is 0.601. The van der Waals surface area contributed by atoms with E-state index in [1.807, 2.05) is 48.0 Å². The summed E-state index contributed by atoms with van der Waals surface area (Å²) in [6.45, 7) is 0.0372. The van der Waals surface area contributed by atoms with Crippen molar-refractivity contribution in [2.75, 3.05) is 17.2 Å². The topological polar surface area (TPSA) is 74.8 Å². The fourth-order valence-electron chi connectivity index (χ4n) is 2.36. The summed E-state index contributed by atoms with van der Waals surface area (Å²) >= 11 is 1.36. The molecule has 2 aromatic rings. The number of hydrogen-bond acceptors (Lipinski definition) is 5. The Morgan fingerprint density at radius 2 is 2.13 bits per heavy atom. The van der Waals surface area contributed by atoms with E-state index in [0.717, 1.165) is 16.7 Å². The van der Waals surface area contributed by atoms with Crippen molar-refractivity contribution in [2.45, 2.75) is 23.9 Å². The first-order chi connectivity index (χ1) is 11.2. The molecule has 1 fully saturated rings. The highest BCUT2D eigenvalue weighted by atomic mass is 32.2. The molecule has 0 aliphatic heterocycles. The second-order valence-corrected chi connectivity index (χ2v) is 6.38. The van der Waals surface area contributed by atoms with Gasteiger partial charge in [-0.1, -0.05) is 30.0 Å². The zero-order chi connectivity index (χ0) is 16.2. The Morgan fingerprint density at radius 1 is 1.39 bits per heavy atom. The summed E-state index contributed by atoms with van der Waals surface area (Å²) in [5.74, 6) is 1.64. The van der Waals surface area contributed by atoms with Gasteiger partial charge in [0.2, 0.25) is 5.91 Å². The van der Waals surface area contributed by atoms with Crippen molar-refractivity contribution in [3.05, 3.63) is 36.2 Å². The molecule has 1 aromatic heterocycles. The molecule has 0 N–H and O–H groups in total. The highest BCUT2D eigenvalue weighted by Crippen LogP contribution is 2.39. The summed E-state index contributed by atoms with van der Waals surface area (Å²) in [6.07, 6.45) is 2.33. The Morgan fingerprint density at radius 3 is 2.78 bits per heavy atom. The molecule has 7 heteroatoms. The van der Waals surface area contributed by atoms with Crippen LogP contribution in [-0.2, 0) is 11.8 Å². The first-order valence-corrected chi connectivity index (χ1v) is 8.43. The van der Waals surface area contributed by atoms with E-state index in [9.17, 15) is 4.79 Å². The molecule has 6 nitrogen and oxygen atoms in total. The molecule has 0 saturated heterocycles. The fourth-order valence-corrected chi connectivity index (χ4v) is 3.15. The SMILES string of the molecule is Cn1c(SCC(=O)N(CC#N)c2ccccc2)nnc1C1CC1. The van der Waals surface area contributed by atoms with Gasteiger partial charge >= 0.3 is 0 Å². The van der Waals surface area contributed by atoms with Crippen LogP contribution in [0, 0.1) is 11.3 Å². The van der Waals surface area contributed by atoms with Gasteiger partial charge in [0.05, 0.1) is 11.8 Å². The average Bonchev–Trinajstić information content (AvgIpc) is 3.35. The number of benzene rings is 1. The van der Waals surface area contributed by atoms with Crippen molar-refractivity contribution < 1.29 is 4.79 Å². The number of rotatable bonds is 6. The predicted octanol–water partition coefficient (Wildman–Crippen LogP) is 2.34. The second-order valence-electron chi connectivity index (χ2n) is 5.44. The van der Waals surface area contributed by atoms with E-state index in [1.165, 1.54) is 29.5 Å². The van der Waals surface area contributed by atoms with Gasteiger partial charge in [0.15, 0.2) is 5.16 Å². The Balaban J connectivity index is 1.66. The maximum absolute atomic E-state index is 12.5. The van der Waals surface area contributed by atoms with Gasteiger partial charge in [0.25, 0.3) is 0 Å². The molecule has 1 aliphatic carbocycles. The summed E-state index contributed by atoms with van der Waals surface area (Å²) < 4.78 is 1.97. The Kier molecular flexibility index (Phi) is 4.63. The molecule has 1 saturated carbocycles. The number of aromatic nitrogens is 3. The van der Waals surface area contributed by atoms with Gasteiger partial charge in [-0.3, -0.25) is 9.69 Å². The summed E-state index contributed by atoms with van der Waals surface area (Å²) in [6, 6.07) is 11.3. The standard InChI is InChI=1S/C16H17N5OS/c1-20-15(12-7-8-12)18-19-16(20)23-11-14(22)21(10-9-17)13-5-3-2-4-6-13/h2-6,12H,7-8,10-11H2,1H3. The van der Waals surface area contributed by atoms with E-state index in [0.29, 0.717) is 5.92 Å². The second kappa shape index (κ2) is 6.84. The molecule has 0 bridgehead atoms. The number of nitriles is 1. The van der Waals surface area contributed by atoms with Crippen LogP contribution in [-0.4, -0.2) is 33.0 Å². The van der Waals surface area contributed by atoms with E-state index in [2.05, 4.69) is 10.2 Å². The van der Waals surface area contributed by atoms with Crippen molar-refractivity contribution in [2.24, 2.45) is 7.05 Å². The number of para-hydroxylation sites is 1. The summed E-state index contributed by atoms with van der Waals surface area (Å²) in [5.41, 5.74) is 0.733. The van der Waals surface area contributed by atoms with Crippen LogP contribution >= 0.6 is 11.8 Å². The number of hydrogen-bond donors (Lipinski definition) is 0. The lowest BCUT2D eigenvalue weighted by atomic mass is 10.3. The number of carbonyl (C=O) groups excluding carboxylic acids is 1. The molecule has 0 atom stereocenters. The smallest absolute Gasteiger partial charge is 0.238 e. The summed E-state index contributed by atoms with van der Waals surface area (Å²) in [4.78, 5) is 14.0. The highest BCUT2D eigenvalue weighted by Gasteiger charge is 2.29. The molecular formula is C16H17N5OS. The lowest BCUT2D eigenvalue weighted by Gasteiger charge is -2.19. The van der Waals surface area contributed by atoms with Crippen molar-refractivity contribution >= 4 is 23.4 Å². The molecule has 1 aromatic carbocycles. The predicted molar refractivity (Wildman–Crippen MR) is 88.1 cm³/mol. The molecule has 0 unspecified atom stereocenters. The maximum Gasteiger partial charge on any atom is 0.238 e. The van der Waals surface area contributed by atoms with Crippen molar-refractivity contribution in [1.82, 2.24) is 14.8 Å². The average molecular weight is 327 g/mol. The molecule has 3 rings (SSSR count). The summed E-state index contributed by atoms with van der Waals surface area (Å²) in [5, 5.41) is 18.1.